The number of benzene rings is 3. The molecule has 36 heavy (non-hydrogen) atoms. The van der Waals surface area contributed by atoms with Crippen molar-refractivity contribution in [3.63, 3.8) is 0 Å². The number of hydrogen-bond donors (Lipinski definition) is 2. The van der Waals surface area contributed by atoms with Crippen LogP contribution in [0.2, 0.25) is 0 Å². The fourth-order valence-corrected chi connectivity index (χ4v) is 6.09. The Bertz CT molecular complexity index is 1580. The summed E-state index contributed by atoms with van der Waals surface area (Å²) < 4.78 is 55.6. The van der Waals surface area contributed by atoms with Crippen LogP contribution < -0.4 is 10.0 Å². The molecule has 4 rings (SSSR count). The molecule has 3 aromatic carbocycles. The molecule has 9 nitrogen and oxygen atoms in total. The molecular weight excluding hydrogens is 498 g/mol. The summed E-state index contributed by atoms with van der Waals surface area (Å²) in [5, 5.41) is 3.07. The number of fused-ring (bicyclic) bond motifs is 1. The molecule has 0 amide bonds. The highest BCUT2D eigenvalue weighted by Crippen LogP contribution is 2.28. The first-order valence-electron chi connectivity index (χ1n) is 11.4. The van der Waals surface area contributed by atoms with Gasteiger partial charge in [0.05, 0.1) is 20.8 Å². The lowest BCUT2D eigenvalue weighted by molar-refractivity contribution is 0.445. The van der Waals surface area contributed by atoms with Crippen LogP contribution in [-0.4, -0.2) is 44.2 Å². The SMILES string of the molecule is CCN(CC)S(=O)(=O)c1ccc(Nc2nc3ccccc3nc2NS(=O)(=O)c2ccc(C)cc2)cc1. The van der Waals surface area contributed by atoms with Gasteiger partial charge < -0.3 is 5.32 Å². The molecule has 4 aromatic rings. The maximum absolute atomic E-state index is 13.1. The van der Waals surface area contributed by atoms with Crippen LogP contribution in [0.25, 0.3) is 11.0 Å². The quantitative estimate of drug-likeness (QED) is 0.330. The van der Waals surface area contributed by atoms with Crippen LogP contribution in [0.5, 0.6) is 0 Å². The topological polar surface area (TPSA) is 121 Å². The van der Waals surface area contributed by atoms with Crippen LogP contribution in [0.1, 0.15) is 19.4 Å². The van der Waals surface area contributed by atoms with Gasteiger partial charge in [-0.3, -0.25) is 4.72 Å². The summed E-state index contributed by atoms with van der Waals surface area (Å²) in [6.45, 7) is 6.19. The third-order valence-electron chi connectivity index (χ3n) is 5.59. The Morgan fingerprint density at radius 3 is 1.81 bits per heavy atom. The molecule has 1 heterocycles. The van der Waals surface area contributed by atoms with Crippen LogP contribution in [0.3, 0.4) is 0 Å². The summed E-state index contributed by atoms with van der Waals surface area (Å²) in [5.41, 5.74) is 2.55. The van der Waals surface area contributed by atoms with E-state index in [4.69, 9.17) is 0 Å². The minimum Gasteiger partial charge on any atom is -0.337 e. The van der Waals surface area contributed by atoms with E-state index in [9.17, 15) is 16.8 Å². The maximum Gasteiger partial charge on any atom is 0.263 e. The van der Waals surface area contributed by atoms with Gasteiger partial charge in [0.2, 0.25) is 10.0 Å². The first kappa shape index (κ1) is 25.5. The van der Waals surface area contributed by atoms with E-state index in [1.807, 2.05) is 13.0 Å². The van der Waals surface area contributed by atoms with Gasteiger partial charge in [-0.2, -0.15) is 4.31 Å². The molecular formula is C25H27N5O4S2. The van der Waals surface area contributed by atoms with Gasteiger partial charge in [0.1, 0.15) is 0 Å². The summed E-state index contributed by atoms with van der Waals surface area (Å²) in [6.07, 6.45) is 0. The van der Waals surface area contributed by atoms with E-state index in [2.05, 4.69) is 20.0 Å². The van der Waals surface area contributed by atoms with Crippen molar-refractivity contribution in [1.29, 1.82) is 0 Å². The van der Waals surface area contributed by atoms with Crippen molar-refractivity contribution in [3.8, 4) is 0 Å². The number of rotatable bonds is 9. The first-order valence-corrected chi connectivity index (χ1v) is 14.3. The van der Waals surface area contributed by atoms with Gasteiger partial charge in [-0.15, -0.1) is 0 Å². The molecule has 0 fully saturated rings. The molecule has 0 aliphatic carbocycles. The summed E-state index contributed by atoms with van der Waals surface area (Å²) >= 11 is 0. The zero-order valence-corrected chi connectivity index (χ0v) is 21.8. The van der Waals surface area contributed by atoms with Crippen molar-refractivity contribution < 1.29 is 16.8 Å². The number of para-hydroxylation sites is 2. The van der Waals surface area contributed by atoms with Gasteiger partial charge in [-0.25, -0.2) is 26.8 Å². The normalized spacial score (nSPS) is 12.1. The molecule has 2 N–H and O–H groups in total. The number of nitrogens with zero attached hydrogens (tertiary/aromatic N) is 3. The molecule has 0 radical (unpaired) electrons. The van der Waals surface area contributed by atoms with Crippen LogP contribution in [0.4, 0.5) is 17.3 Å². The second-order valence-electron chi connectivity index (χ2n) is 8.07. The van der Waals surface area contributed by atoms with Crippen molar-refractivity contribution in [2.24, 2.45) is 0 Å². The predicted molar refractivity (Wildman–Crippen MR) is 141 cm³/mol. The average Bonchev–Trinajstić information content (AvgIpc) is 2.85. The molecule has 0 saturated carbocycles. The molecule has 0 saturated heterocycles. The monoisotopic (exact) mass is 525 g/mol. The third kappa shape index (κ3) is 5.32. The van der Waals surface area contributed by atoms with Gasteiger partial charge in [-0.05, 0) is 55.5 Å². The van der Waals surface area contributed by atoms with Crippen molar-refractivity contribution in [2.75, 3.05) is 23.1 Å². The Balaban J connectivity index is 1.70. The zero-order chi connectivity index (χ0) is 25.9. The number of aryl methyl sites for hydroxylation is 1. The lowest BCUT2D eigenvalue weighted by Gasteiger charge is -2.18. The second-order valence-corrected chi connectivity index (χ2v) is 11.7. The van der Waals surface area contributed by atoms with Crippen LogP contribution in [0.15, 0.2) is 82.6 Å². The highest BCUT2D eigenvalue weighted by molar-refractivity contribution is 7.92. The van der Waals surface area contributed by atoms with Crippen molar-refractivity contribution in [2.45, 2.75) is 30.6 Å². The van der Waals surface area contributed by atoms with Crippen molar-refractivity contribution in [3.05, 3.63) is 78.4 Å². The largest absolute Gasteiger partial charge is 0.337 e. The molecule has 11 heteroatoms. The highest BCUT2D eigenvalue weighted by atomic mass is 32.2. The minimum atomic E-state index is -3.93. The van der Waals surface area contributed by atoms with Crippen LogP contribution in [0, 0.1) is 6.92 Å². The molecule has 0 aliphatic heterocycles. The van der Waals surface area contributed by atoms with E-state index >= 15 is 0 Å². The minimum absolute atomic E-state index is 0.0223. The van der Waals surface area contributed by atoms with E-state index in [1.54, 1.807) is 56.3 Å². The average molecular weight is 526 g/mol. The maximum atomic E-state index is 13.1. The molecule has 0 atom stereocenters. The molecule has 0 spiro atoms. The molecule has 1 aromatic heterocycles. The van der Waals surface area contributed by atoms with E-state index in [-0.39, 0.29) is 21.4 Å². The number of anilines is 3. The standard InChI is InChI=1S/C25H27N5O4S2/c1-4-30(5-2)36(33,34)21-16-12-19(13-17-21)26-24-25(28-23-9-7-6-8-22(23)27-24)29-35(31,32)20-14-10-18(3)11-15-20/h6-17H,4-5H2,1-3H3,(H,26,27)(H,28,29). The van der Waals surface area contributed by atoms with Crippen molar-refractivity contribution >= 4 is 48.4 Å². The van der Waals surface area contributed by atoms with Crippen LogP contribution >= 0.6 is 0 Å². The van der Waals surface area contributed by atoms with Crippen molar-refractivity contribution in [1.82, 2.24) is 14.3 Å². The van der Waals surface area contributed by atoms with E-state index in [1.165, 1.54) is 28.6 Å². The van der Waals surface area contributed by atoms with E-state index < -0.39 is 20.0 Å². The number of hydrogen-bond acceptors (Lipinski definition) is 7. The Morgan fingerprint density at radius 1 is 0.722 bits per heavy atom. The van der Waals surface area contributed by atoms with E-state index in [0.717, 1.165) is 5.56 Å². The van der Waals surface area contributed by atoms with Gasteiger partial charge in [0, 0.05) is 18.8 Å². The lowest BCUT2D eigenvalue weighted by Crippen LogP contribution is -2.30. The molecule has 0 unspecified atom stereocenters. The summed E-state index contributed by atoms with van der Waals surface area (Å²) in [4.78, 5) is 9.31. The Labute approximate surface area is 211 Å². The predicted octanol–water partition coefficient (Wildman–Crippen LogP) is 4.51. The zero-order valence-electron chi connectivity index (χ0n) is 20.1. The second kappa shape index (κ2) is 10.2. The molecule has 0 aliphatic rings. The number of nitrogens with one attached hydrogen (secondary N) is 2. The van der Waals surface area contributed by atoms with Gasteiger partial charge in [0.25, 0.3) is 10.0 Å². The summed E-state index contributed by atoms with van der Waals surface area (Å²) in [5.74, 6) is 0.206. The third-order valence-corrected chi connectivity index (χ3v) is 9.01. The first-order chi connectivity index (χ1) is 17.1. The van der Waals surface area contributed by atoms with E-state index in [0.29, 0.717) is 29.8 Å². The Hall–Kier alpha value is -3.54. The number of aromatic nitrogens is 2. The molecule has 0 bridgehead atoms. The fraction of sp³-hybridized carbons (Fsp3) is 0.200. The highest BCUT2D eigenvalue weighted by Gasteiger charge is 2.22. The fourth-order valence-electron chi connectivity index (χ4n) is 3.62. The van der Waals surface area contributed by atoms with Crippen LogP contribution in [-0.2, 0) is 20.0 Å². The summed E-state index contributed by atoms with van der Waals surface area (Å²) in [7, 11) is -7.53. The smallest absolute Gasteiger partial charge is 0.263 e. The van der Waals surface area contributed by atoms with Gasteiger partial charge in [-0.1, -0.05) is 43.7 Å². The Morgan fingerprint density at radius 2 is 1.25 bits per heavy atom. The summed E-state index contributed by atoms with van der Waals surface area (Å²) in [6, 6.07) is 19.8. The Kier molecular flexibility index (Phi) is 7.25. The lowest BCUT2D eigenvalue weighted by atomic mass is 10.2. The number of sulfonamides is 2. The molecule has 188 valence electrons. The van der Waals surface area contributed by atoms with Gasteiger partial charge in [0.15, 0.2) is 11.6 Å². The van der Waals surface area contributed by atoms with Gasteiger partial charge >= 0.3 is 0 Å².